The van der Waals surface area contributed by atoms with Crippen molar-refractivity contribution in [3.8, 4) is 5.75 Å². The van der Waals surface area contributed by atoms with Gasteiger partial charge in [0.05, 0.1) is 22.3 Å². The molecule has 0 bridgehead atoms. The second-order valence-corrected chi connectivity index (χ2v) is 10.8. The van der Waals surface area contributed by atoms with Gasteiger partial charge in [0.15, 0.2) is 20.8 Å². The molecule has 4 rings (SSSR count). The topological polar surface area (TPSA) is 103 Å². The fraction of sp³-hybridized carbons (Fsp3) is 0.500. The van der Waals surface area contributed by atoms with Crippen molar-refractivity contribution < 1.29 is 17.9 Å². The molecule has 2 heterocycles. The van der Waals surface area contributed by atoms with Crippen molar-refractivity contribution in [2.75, 3.05) is 17.3 Å². The fourth-order valence-corrected chi connectivity index (χ4v) is 5.92. The number of nitrogens with one attached hydrogen (secondary N) is 1. The molecule has 29 heavy (non-hydrogen) atoms. The molecule has 1 saturated heterocycles. The lowest BCUT2D eigenvalue weighted by molar-refractivity contribution is -0.119. The maximum atomic E-state index is 12.2. The molecule has 2 fully saturated rings. The van der Waals surface area contributed by atoms with E-state index in [0.29, 0.717) is 34.2 Å². The van der Waals surface area contributed by atoms with E-state index < -0.39 is 9.84 Å². The number of amides is 1. The highest BCUT2D eigenvalue weighted by Gasteiger charge is 2.31. The van der Waals surface area contributed by atoms with Gasteiger partial charge in [0.1, 0.15) is 12.4 Å². The van der Waals surface area contributed by atoms with Gasteiger partial charge in [0.2, 0.25) is 5.91 Å². The van der Waals surface area contributed by atoms with E-state index in [1.165, 1.54) is 11.8 Å². The Bertz CT molecular complexity index is 1010. The number of nitrogens with zero attached hydrogens (tertiary/aromatic N) is 3. The van der Waals surface area contributed by atoms with Crippen molar-refractivity contribution in [2.45, 2.75) is 43.1 Å². The number of sulfone groups is 1. The summed E-state index contributed by atoms with van der Waals surface area (Å²) in [6, 6.07) is 7.26. The van der Waals surface area contributed by atoms with Crippen LogP contribution < -0.4 is 10.1 Å². The zero-order valence-electron chi connectivity index (χ0n) is 15.6. The first-order valence-corrected chi connectivity index (χ1v) is 12.5. The van der Waals surface area contributed by atoms with E-state index in [-0.39, 0.29) is 35.8 Å². The minimum absolute atomic E-state index is 0.0190. The van der Waals surface area contributed by atoms with Gasteiger partial charge in [-0.1, -0.05) is 35.5 Å². The normalized spacial score (nSPS) is 20.5. The average molecular weight is 457 g/mol. The van der Waals surface area contributed by atoms with Crippen LogP contribution in [0.5, 0.6) is 5.75 Å². The molecule has 1 atom stereocenters. The van der Waals surface area contributed by atoms with Gasteiger partial charge in [-0.3, -0.25) is 9.36 Å². The smallest absolute Gasteiger partial charge is 0.230 e. The summed E-state index contributed by atoms with van der Waals surface area (Å²) in [7, 11) is -3.02. The molecule has 1 amide bonds. The molecule has 11 heteroatoms. The van der Waals surface area contributed by atoms with E-state index in [4.69, 9.17) is 16.3 Å². The third-order valence-electron chi connectivity index (χ3n) is 4.77. The lowest BCUT2D eigenvalue weighted by Crippen LogP contribution is -2.36. The summed E-state index contributed by atoms with van der Waals surface area (Å²) in [6.07, 6.45) is 2.55. The van der Waals surface area contributed by atoms with Gasteiger partial charge in [-0.05, 0) is 31.4 Å². The van der Waals surface area contributed by atoms with Gasteiger partial charge in [-0.15, -0.1) is 10.2 Å². The second-order valence-electron chi connectivity index (χ2n) is 7.18. The number of carbonyl (C=O) groups is 1. The zero-order chi connectivity index (χ0) is 20.4. The van der Waals surface area contributed by atoms with E-state index >= 15 is 0 Å². The molecule has 2 aromatic rings. The number of halogens is 1. The Morgan fingerprint density at radius 1 is 1.28 bits per heavy atom. The van der Waals surface area contributed by atoms with Crippen molar-refractivity contribution in [1.82, 2.24) is 20.1 Å². The van der Waals surface area contributed by atoms with Crippen molar-refractivity contribution in [3.63, 3.8) is 0 Å². The van der Waals surface area contributed by atoms with Crippen molar-refractivity contribution in [2.24, 2.45) is 0 Å². The Kier molecular flexibility index (Phi) is 6.03. The van der Waals surface area contributed by atoms with Crippen LogP contribution in [0.25, 0.3) is 0 Å². The van der Waals surface area contributed by atoms with Crippen molar-refractivity contribution in [3.05, 3.63) is 35.1 Å². The Morgan fingerprint density at radius 3 is 2.76 bits per heavy atom. The van der Waals surface area contributed by atoms with Crippen molar-refractivity contribution in [1.29, 1.82) is 0 Å². The van der Waals surface area contributed by atoms with E-state index in [2.05, 4.69) is 15.5 Å². The predicted molar refractivity (Wildman–Crippen MR) is 110 cm³/mol. The number of benzene rings is 1. The number of rotatable bonds is 8. The highest BCUT2D eigenvalue weighted by Crippen LogP contribution is 2.39. The monoisotopic (exact) mass is 456 g/mol. The summed E-state index contributed by atoms with van der Waals surface area (Å²) in [4.78, 5) is 12.2. The van der Waals surface area contributed by atoms with Crippen LogP contribution in [0.4, 0.5) is 0 Å². The number of carbonyl (C=O) groups excluding carboxylic acids is 1. The van der Waals surface area contributed by atoms with Crippen LogP contribution in [0.1, 0.15) is 31.1 Å². The van der Waals surface area contributed by atoms with E-state index in [1.54, 1.807) is 12.1 Å². The summed E-state index contributed by atoms with van der Waals surface area (Å²) in [5.74, 6) is 1.39. The first-order valence-electron chi connectivity index (χ1n) is 9.35. The van der Waals surface area contributed by atoms with Crippen LogP contribution in [0.2, 0.25) is 5.02 Å². The standard InChI is InChI=1S/C18H21ClN4O4S2/c19-14-3-1-2-4-15(14)27-9-16-21-22-18(23(16)13-5-6-13)28-10-17(24)20-12-7-8-29(25,26)11-12/h1-4,12-13H,5-11H2,(H,20,24). The quantitative estimate of drug-likeness (QED) is 0.607. The maximum absolute atomic E-state index is 12.2. The van der Waals surface area contributed by atoms with E-state index in [0.717, 1.165) is 12.8 Å². The van der Waals surface area contributed by atoms with E-state index in [9.17, 15) is 13.2 Å². The number of hydrogen-bond donors (Lipinski definition) is 1. The van der Waals surface area contributed by atoms with Crippen LogP contribution >= 0.6 is 23.4 Å². The van der Waals surface area contributed by atoms with E-state index in [1.807, 2.05) is 16.7 Å². The Hall–Kier alpha value is -1.78. The molecule has 0 radical (unpaired) electrons. The summed E-state index contributed by atoms with van der Waals surface area (Å²) in [6.45, 7) is 0.236. The molecular weight excluding hydrogens is 436 g/mol. The van der Waals surface area contributed by atoms with Crippen LogP contribution in [0, 0.1) is 0 Å². The Morgan fingerprint density at radius 2 is 2.07 bits per heavy atom. The van der Waals surface area contributed by atoms with Gasteiger partial charge in [-0.2, -0.15) is 0 Å². The number of aromatic nitrogens is 3. The lowest BCUT2D eigenvalue weighted by Gasteiger charge is -2.12. The molecule has 0 spiro atoms. The fourth-order valence-electron chi connectivity index (χ4n) is 3.22. The highest BCUT2D eigenvalue weighted by atomic mass is 35.5. The number of thioether (sulfide) groups is 1. The second kappa shape index (κ2) is 8.53. The number of para-hydroxylation sites is 1. The highest BCUT2D eigenvalue weighted by molar-refractivity contribution is 7.99. The van der Waals surface area contributed by atoms with Gasteiger partial charge in [0.25, 0.3) is 0 Å². The third-order valence-corrected chi connectivity index (χ3v) is 7.79. The largest absolute Gasteiger partial charge is 0.484 e. The molecule has 156 valence electrons. The minimum Gasteiger partial charge on any atom is -0.484 e. The van der Waals surface area contributed by atoms with Crippen molar-refractivity contribution >= 4 is 39.1 Å². The first-order chi connectivity index (χ1) is 13.9. The average Bonchev–Trinajstić information content (AvgIpc) is 3.34. The summed E-state index contributed by atoms with van der Waals surface area (Å²) >= 11 is 7.43. The summed E-state index contributed by atoms with van der Waals surface area (Å²) in [5.41, 5.74) is 0. The number of hydrogen-bond acceptors (Lipinski definition) is 7. The van der Waals surface area contributed by atoms with Gasteiger partial charge >= 0.3 is 0 Å². The van der Waals surface area contributed by atoms with Crippen LogP contribution in [0.3, 0.4) is 0 Å². The molecule has 1 saturated carbocycles. The summed E-state index contributed by atoms with van der Waals surface area (Å²) < 4.78 is 30.8. The predicted octanol–water partition coefficient (Wildman–Crippen LogP) is 2.24. The molecule has 1 aromatic carbocycles. The lowest BCUT2D eigenvalue weighted by atomic mass is 10.3. The third kappa shape index (κ3) is 5.23. The maximum Gasteiger partial charge on any atom is 0.230 e. The summed E-state index contributed by atoms with van der Waals surface area (Å²) in [5, 5.41) is 12.5. The van der Waals surface area contributed by atoms with Gasteiger partial charge in [-0.25, -0.2) is 8.42 Å². The molecule has 1 N–H and O–H groups in total. The molecule has 1 aliphatic heterocycles. The van der Waals surface area contributed by atoms with Gasteiger partial charge < -0.3 is 10.1 Å². The van der Waals surface area contributed by atoms with Crippen LogP contribution in [-0.2, 0) is 21.2 Å². The number of ether oxygens (including phenoxy) is 1. The van der Waals surface area contributed by atoms with Gasteiger partial charge in [0, 0.05) is 12.1 Å². The SMILES string of the molecule is O=C(CSc1nnc(COc2ccccc2Cl)n1C1CC1)NC1CCS(=O)(=O)C1. The zero-order valence-corrected chi connectivity index (χ0v) is 18.0. The minimum atomic E-state index is -3.02. The molecule has 1 unspecified atom stereocenters. The molecular formula is C18H21ClN4O4S2. The molecule has 2 aliphatic rings. The Balaban J connectivity index is 1.36. The Labute approximate surface area is 178 Å². The first kappa shape index (κ1) is 20.5. The molecule has 8 nitrogen and oxygen atoms in total. The molecule has 1 aromatic heterocycles. The van der Waals surface area contributed by atoms with Crippen LogP contribution in [0.15, 0.2) is 29.4 Å². The molecule has 1 aliphatic carbocycles. The van der Waals surface area contributed by atoms with Crippen LogP contribution in [-0.4, -0.2) is 52.4 Å².